The molecular weight excluding hydrogens is 488 g/mol. The van der Waals surface area contributed by atoms with Gasteiger partial charge >= 0.3 is 23.8 Å². The Kier molecular flexibility index (Phi) is 7.74. The van der Waals surface area contributed by atoms with Crippen LogP contribution in [-0.2, 0) is 28.6 Å². The average molecular weight is 519 g/mol. The molecule has 1 aliphatic rings. The van der Waals surface area contributed by atoms with Crippen molar-refractivity contribution < 1.29 is 37.9 Å². The Bertz CT molecular complexity index is 1220. The molecule has 1 fully saturated rings. The topological polar surface area (TPSA) is 170 Å². The van der Waals surface area contributed by atoms with Gasteiger partial charge in [0.1, 0.15) is 17.2 Å². The fourth-order valence-electron chi connectivity index (χ4n) is 3.34. The van der Waals surface area contributed by atoms with E-state index in [9.17, 15) is 24.0 Å². The molecule has 3 rings (SSSR count). The van der Waals surface area contributed by atoms with Crippen molar-refractivity contribution in [2.24, 2.45) is 0 Å². The molecule has 0 spiro atoms. The van der Waals surface area contributed by atoms with Gasteiger partial charge in [-0.15, -0.1) is 0 Å². The lowest BCUT2D eigenvalue weighted by atomic mass is 10.1. The van der Waals surface area contributed by atoms with Crippen molar-refractivity contribution in [3.05, 3.63) is 34.8 Å². The molecule has 2 atom stereocenters. The van der Waals surface area contributed by atoms with Gasteiger partial charge in [0.25, 0.3) is 5.91 Å². The minimum absolute atomic E-state index is 0.141. The number of ether oxygens (including phenoxy) is 3. The van der Waals surface area contributed by atoms with Gasteiger partial charge in [0, 0.05) is 11.3 Å². The van der Waals surface area contributed by atoms with Crippen molar-refractivity contribution in [1.82, 2.24) is 15.5 Å². The average Bonchev–Trinajstić information content (AvgIpc) is 3.36. The van der Waals surface area contributed by atoms with Crippen molar-refractivity contribution in [3.63, 3.8) is 0 Å². The number of hydrogen-bond donors (Lipinski definition) is 2. The predicted octanol–water partition coefficient (Wildman–Crippen LogP) is 1.91. The standard InChI is InChI=1S/C24H30N4O9/c1-23(2,3)35-17(29)11-15(20(31)36-24(4,5)6)25-19(30)16-12-28(22(33)34-16)14-9-7-13(8-10-14)18-26-21(32)37-27-18/h7-10,15-16H,11-12H2,1-6H3,(H,25,30)(H,26,27,32)/t15-,16?/m1/s1. The van der Waals surface area contributed by atoms with Gasteiger partial charge in [-0.3, -0.25) is 24.0 Å². The first-order chi connectivity index (χ1) is 17.1. The second-order valence-corrected chi connectivity index (χ2v) is 10.4. The number of cyclic esters (lactones) is 1. The Morgan fingerprint density at radius 1 is 1.08 bits per heavy atom. The molecule has 2 amide bonds. The first-order valence-electron chi connectivity index (χ1n) is 11.5. The normalized spacial score (nSPS) is 16.6. The molecule has 200 valence electrons. The Morgan fingerprint density at radius 2 is 1.70 bits per heavy atom. The molecule has 1 saturated heterocycles. The monoisotopic (exact) mass is 518 g/mol. The highest BCUT2D eigenvalue weighted by Gasteiger charge is 2.39. The number of H-pyrrole nitrogens is 1. The summed E-state index contributed by atoms with van der Waals surface area (Å²) in [6, 6.07) is 5.01. The van der Waals surface area contributed by atoms with Gasteiger partial charge in [0.15, 0.2) is 11.9 Å². The van der Waals surface area contributed by atoms with Crippen LogP contribution in [0.25, 0.3) is 11.4 Å². The van der Waals surface area contributed by atoms with Crippen LogP contribution in [0.2, 0.25) is 0 Å². The van der Waals surface area contributed by atoms with Crippen LogP contribution in [0.15, 0.2) is 33.6 Å². The fourth-order valence-corrected chi connectivity index (χ4v) is 3.34. The molecule has 2 aromatic rings. The molecule has 2 N–H and O–H groups in total. The smallest absolute Gasteiger partial charge is 0.439 e. The second kappa shape index (κ2) is 10.4. The Balaban J connectivity index is 1.69. The molecule has 1 aliphatic heterocycles. The fraction of sp³-hybridized carbons (Fsp3) is 0.500. The van der Waals surface area contributed by atoms with E-state index in [0.29, 0.717) is 11.3 Å². The number of aromatic amines is 1. The Labute approximate surface area is 212 Å². The second-order valence-electron chi connectivity index (χ2n) is 10.4. The van der Waals surface area contributed by atoms with E-state index in [4.69, 9.17) is 14.2 Å². The number of esters is 2. The van der Waals surface area contributed by atoms with Crippen molar-refractivity contribution in [2.45, 2.75) is 71.3 Å². The minimum Gasteiger partial charge on any atom is -0.460 e. The molecule has 2 heterocycles. The van der Waals surface area contributed by atoms with Crippen molar-refractivity contribution in [3.8, 4) is 11.4 Å². The summed E-state index contributed by atoms with van der Waals surface area (Å²) >= 11 is 0. The lowest BCUT2D eigenvalue weighted by Gasteiger charge is -2.26. The molecular formula is C24H30N4O9. The first-order valence-corrected chi connectivity index (χ1v) is 11.5. The minimum atomic E-state index is -1.35. The molecule has 37 heavy (non-hydrogen) atoms. The molecule has 1 unspecified atom stereocenters. The summed E-state index contributed by atoms with van der Waals surface area (Å²) in [5.74, 6) is -2.79. The largest absolute Gasteiger partial charge is 0.460 e. The van der Waals surface area contributed by atoms with E-state index in [-0.39, 0.29) is 12.4 Å². The number of carbonyl (C=O) groups is 4. The third kappa shape index (κ3) is 7.66. The number of nitrogens with zero attached hydrogens (tertiary/aromatic N) is 2. The Hall–Kier alpha value is -4.16. The molecule has 1 aromatic heterocycles. The quantitative estimate of drug-likeness (QED) is 0.408. The number of aromatic nitrogens is 2. The van der Waals surface area contributed by atoms with Crippen molar-refractivity contribution in [2.75, 3.05) is 11.4 Å². The highest BCUT2D eigenvalue weighted by molar-refractivity contribution is 5.97. The predicted molar refractivity (Wildman–Crippen MR) is 128 cm³/mol. The lowest BCUT2D eigenvalue weighted by Crippen LogP contribution is -2.49. The highest BCUT2D eigenvalue weighted by atomic mass is 16.6. The van der Waals surface area contributed by atoms with Gasteiger partial charge in [0.2, 0.25) is 0 Å². The zero-order valence-electron chi connectivity index (χ0n) is 21.4. The van der Waals surface area contributed by atoms with Gasteiger partial charge in [-0.1, -0.05) is 5.16 Å². The van der Waals surface area contributed by atoms with Crippen LogP contribution in [0.1, 0.15) is 48.0 Å². The van der Waals surface area contributed by atoms with Crippen LogP contribution in [0, 0.1) is 0 Å². The van der Waals surface area contributed by atoms with Crippen LogP contribution >= 0.6 is 0 Å². The zero-order chi connectivity index (χ0) is 27.5. The first kappa shape index (κ1) is 27.4. The molecule has 13 nitrogen and oxygen atoms in total. The summed E-state index contributed by atoms with van der Waals surface area (Å²) in [5, 5.41) is 6.05. The van der Waals surface area contributed by atoms with Crippen LogP contribution in [-0.4, -0.2) is 64.0 Å². The SMILES string of the molecule is CC(C)(C)OC(=O)C[C@@H](NC(=O)C1CN(c2ccc(-c3noc(=O)[nH]3)cc2)C(=O)O1)C(=O)OC(C)(C)C. The Morgan fingerprint density at radius 3 is 2.24 bits per heavy atom. The van der Waals surface area contributed by atoms with E-state index < -0.39 is 59.5 Å². The number of rotatable bonds is 7. The zero-order valence-corrected chi connectivity index (χ0v) is 21.4. The van der Waals surface area contributed by atoms with E-state index in [2.05, 4.69) is 20.0 Å². The van der Waals surface area contributed by atoms with Crippen LogP contribution < -0.4 is 16.0 Å². The van der Waals surface area contributed by atoms with Crippen LogP contribution in [0.3, 0.4) is 0 Å². The number of nitrogens with one attached hydrogen (secondary N) is 2. The van der Waals surface area contributed by atoms with E-state index in [1.54, 1.807) is 65.8 Å². The summed E-state index contributed by atoms with van der Waals surface area (Å²) in [6.07, 6.45) is -2.49. The molecule has 0 bridgehead atoms. The maximum absolute atomic E-state index is 12.9. The summed E-state index contributed by atoms with van der Waals surface area (Å²) in [6.45, 7) is 9.85. The summed E-state index contributed by atoms with van der Waals surface area (Å²) in [7, 11) is 0. The van der Waals surface area contributed by atoms with Crippen LogP contribution in [0.5, 0.6) is 0 Å². The number of carbonyl (C=O) groups excluding carboxylic acids is 4. The molecule has 0 radical (unpaired) electrons. The third-order valence-corrected chi connectivity index (χ3v) is 4.80. The summed E-state index contributed by atoms with van der Waals surface area (Å²) < 4.78 is 20.3. The summed E-state index contributed by atoms with van der Waals surface area (Å²) in [5.41, 5.74) is -0.693. The number of benzene rings is 1. The van der Waals surface area contributed by atoms with E-state index >= 15 is 0 Å². The third-order valence-electron chi connectivity index (χ3n) is 4.80. The number of anilines is 1. The van der Waals surface area contributed by atoms with Crippen molar-refractivity contribution in [1.29, 1.82) is 0 Å². The van der Waals surface area contributed by atoms with E-state index in [1.165, 1.54) is 4.90 Å². The van der Waals surface area contributed by atoms with Crippen molar-refractivity contribution >= 4 is 29.6 Å². The highest BCUT2D eigenvalue weighted by Crippen LogP contribution is 2.25. The number of amides is 2. The molecule has 0 aliphatic carbocycles. The molecule has 1 aromatic carbocycles. The maximum Gasteiger partial charge on any atom is 0.439 e. The molecule has 13 heteroatoms. The number of hydrogen-bond acceptors (Lipinski definition) is 10. The van der Waals surface area contributed by atoms with Gasteiger partial charge in [-0.25, -0.2) is 14.4 Å². The molecule has 0 saturated carbocycles. The van der Waals surface area contributed by atoms with E-state index in [1.807, 2.05) is 0 Å². The maximum atomic E-state index is 12.9. The van der Waals surface area contributed by atoms with Gasteiger partial charge in [-0.05, 0) is 65.8 Å². The van der Waals surface area contributed by atoms with Gasteiger partial charge in [-0.2, -0.15) is 0 Å². The van der Waals surface area contributed by atoms with Gasteiger partial charge < -0.3 is 19.5 Å². The van der Waals surface area contributed by atoms with Gasteiger partial charge in [0.05, 0.1) is 13.0 Å². The van der Waals surface area contributed by atoms with Crippen LogP contribution in [0.4, 0.5) is 10.5 Å². The summed E-state index contributed by atoms with van der Waals surface area (Å²) in [4.78, 5) is 65.3. The van der Waals surface area contributed by atoms with E-state index in [0.717, 1.165) is 0 Å². The lowest BCUT2D eigenvalue weighted by molar-refractivity contribution is -0.165.